The summed E-state index contributed by atoms with van der Waals surface area (Å²) in [6.07, 6.45) is 0. The maximum Gasteiger partial charge on any atom is 0.126 e. The van der Waals surface area contributed by atoms with E-state index in [1.165, 1.54) is 6.07 Å². The van der Waals surface area contributed by atoms with E-state index in [2.05, 4.69) is 11.4 Å². The predicted molar refractivity (Wildman–Crippen MR) is 74.5 cm³/mol. The molecule has 20 heavy (non-hydrogen) atoms. The van der Waals surface area contributed by atoms with Gasteiger partial charge in [-0.3, -0.25) is 0 Å². The minimum atomic E-state index is -0.458. The van der Waals surface area contributed by atoms with Gasteiger partial charge < -0.3 is 10.4 Å². The van der Waals surface area contributed by atoms with E-state index in [4.69, 9.17) is 5.26 Å². The lowest BCUT2D eigenvalue weighted by molar-refractivity contribution is 0.446. The standard InChI is InChI=1S/C16H15FN2O/c1-11(15-6-5-14(17)8-16(15)20)19-10-13-4-2-3-12(7-13)9-18/h2-8,11,19-20H,10H2,1H3. The van der Waals surface area contributed by atoms with Gasteiger partial charge in [0, 0.05) is 24.2 Å². The van der Waals surface area contributed by atoms with E-state index in [0.717, 1.165) is 11.6 Å². The third-order valence-corrected chi connectivity index (χ3v) is 3.13. The van der Waals surface area contributed by atoms with Gasteiger partial charge in [0.25, 0.3) is 0 Å². The topological polar surface area (TPSA) is 56.0 Å². The van der Waals surface area contributed by atoms with Gasteiger partial charge in [0.15, 0.2) is 0 Å². The van der Waals surface area contributed by atoms with Crippen molar-refractivity contribution in [3.05, 3.63) is 65.0 Å². The molecule has 4 heteroatoms. The maximum absolute atomic E-state index is 12.9. The molecule has 0 saturated carbocycles. The Balaban J connectivity index is 2.04. The van der Waals surface area contributed by atoms with E-state index in [9.17, 15) is 9.50 Å². The number of hydrogen-bond donors (Lipinski definition) is 2. The normalized spacial score (nSPS) is 11.8. The van der Waals surface area contributed by atoms with Crippen LogP contribution in [0.15, 0.2) is 42.5 Å². The van der Waals surface area contributed by atoms with Crippen LogP contribution in [0.3, 0.4) is 0 Å². The number of aromatic hydroxyl groups is 1. The first kappa shape index (κ1) is 14.0. The Morgan fingerprint density at radius 1 is 1.30 bits per heavy atom. The molecule has 0 spiro atoms. The number of halogens is 1. The molecule has 2 N–H and O–H groups in total. The smallest absolute Gasteiger partial charge is 0.126 e. The number of benzene rings is 2. The van der Waals surface area contributed by atoms with Crippen LogP contribution in [0, 0.1) is 17.1 Å². The van der Waals surface area contributed by atoms with E-state index >= 15 is 0 Å². The van der Waals surface area contributed by atoms with Gasteiger partial charge in [-0.1, -0.05) is 18.2 Å². The molecular formula is C16H15FN2O. The summed E-state index contributed by atoms with van der Waals surface area (Å²) in [6, 6.07) is 13.3. The molecule has 0 aliphatic carbocycles. The summed E-state index contributed by atoms with van der Waals surface area (Å²) >= 11 is 0. The molecule has 2 aromatic carbocycles. The average molecular weight is 270 g/mol. The maximum atomic E-state index is 12.9. The molecule has 0 aliphatic rings. The summed E-state index contributed by atoms with van der Waals surface area (Å²) in [5.41, 5.74) is 2.24. The fraction of sp³-hybridized carbons (Fsp3) is 0.188. The third kappa shape index (κ3) is 3.34. The molecular weight excluding hydrogens is 255 g/mol. The van der Waals surface area contributed by atoms with Crippen LogP contribution in [-0.4, -0.2) is 5.11 Å². The lowest BCUT2D eigenvalue weighted by Crippen LogP contribution is -2.18. The molecule has 102 valence electrons. The van der Waals surface area contributed by atoms with Gasteiger partial charge in [-0.25, -0.2) is 4.39 Å². The van der Waals surface area contributed by atoms with Gasteiger partial charge >= 0.3 is 0 Å². The zero-order chi connectivity index (χ0) is 14.5. The van der Waals surface area contributed by atoms with Crippen LogP contribution < -0.4 is 5.32 Å². The van der Waals surface area contributed by atoms with E-state index in [1.807, 2.05) is 25.1 Å². The van der Waals surface area contributed by atoms with Crippen molar-refractivity contribution in [2.24, 2.45) is 0 Å². The number of nitriles is 1. The Bertz CT molecular complexity index is 649. The molecule has 0 aromatic heterocycles. The summed E-state index contributed by atoms with van der Waals surface area (Å²) in [5.74, 6) is -0.518. The SMILES string of the molecule is CC(NCc1cccc(C#N)c1)c1ccc(F)cc1O. The number of phenols is 1. The van der Waals surface area contributed by atoms with Gasteiger partial charge in [0.05, 0.1) is 11.6 Å². The van der Waals surface area contributed by atoms with Gasteiger partial charge in [-0.05, 0) is 30.7 Å². The molecule has 1 atom stereocenters. The van der Waals surface area contributed by atoms with Crippen molar-refractivity contribution in [1.29, 1.82) is 5.26 Å². The molecule has 0 aliphatic heterocycles. The quantitative estimate of drug-likeness (QED) is 0.896. The highest BCUT2D eigenvalue weighted by molar-refractivity contribution is 5.35. The molecule has 3 nitrogen and oxygen atoms in total. The van der Waals surface area contributed by atoms with Crippen molar-refractivity contribution >= 4 is 0 Å². The highest BCUT2D eigenvalue weighted by Crippen LogP contribution is 2.24. The number of rotatable bonds is 4. The molecule has 0 bridgehead atoms. The van der Waals surface area contributed by atoms with Crippen LogP contribution in [0.4, 0.5) is 4.39 Å². The van der Waals surface area contributed by atoms with Crippen molar-refractivity contribution in [2.75, 3.05) is 0 Å². The zero-order valence-corrected chi connectivity index (χ0v) is 11.1. The molecule has 0 fully saturated rings. The first-order chi connectivity index (χ1) is 9.60. The highest BCUT2D eigenvalue weighted by Gasteiger charge is 2.10. The summed E-state index contributed by atoms with van der Waals surface area (Å²) in [4.78, 5) is 0. The molecule has 1 unspecified atom stereocenters. The van der Waals surface area contributed by atoms with Crippen molar-refractivity contribution in [1.82, 2.24) is 5.32 Å². The van der Waals surface area contributed by atoms with Crippen LogP contribution in [0.1, 0.15) is 29.7 Å². The minimum Gasteiger partial charge on any atom is -0.508 e. The van der Waals surface area contributed by atoms with Gasteiger partial charge in [-0.2, -0.15) is 5.26 Å². The molecule has 0 amide bonds. The number of nitrogens with zero attached hydrogens (tertiary/aromatic N) is 1. The van der Waals surface area contributed by atoms with E-state index < -0.39 is 5.82 Å². The third-order valence-electron chi connectivity index (χ3n) is 3.13. The van der Waals surface area contributed by atoms with Crippen molar-refractivity contribution in [2.45, 2.75) is 19.5 Å². The van der Waals surface area contributed by atoms with Crippen LogP contribution in [0.5, 0.6) is 5.75 Å². The van der Waals surface area contributed by atoms with Crippen molar-refractivity contribution < 1.29 is 9.50 Å². The summed E-state index contributed by atoms with van der Waals surface area (Å²) < 4.78 is 12.9. The lowest BCUT2D eigenvalue weighted by Gasteiger charge is -2.15. The summed E-state index contributed by atoms with van der Waals surface area (Å²) in [7, 11) is 0. The van der Waals surface area contributed by atoms with Crippen LogP contribution >= 0.6 is 0 Å². The number of nitrogens with one attached hydrogen (secondary N) is 1. The Morgan fingerprint density at radius 3 is 2.80 bits per heavy atom. The molecule has 0 saturated heterocycles. The second-order valence-electron chi connectivity index (χ2n) is 4.62. The van der Waals surface area contributed by atoms with Crippen molar-refractivity contribution in [3.8, 4) is 11.8 Å². The van der Waals surface area contributed by atoms with Gasteiger partial charge in [0.1, 0.15) is 11.6 Å². The Morgan fingerprint density at radius 2 is 2.10 bits per heavy atom. The highest BCUT2D eigenvalue weighted by atomic mass is 19.1. The summed E-state index contributed by atoms with van der Waals surface area (Å²) in [6.45, 7) is 2.45. The molecule has 0 heterocycles. The Kier molecular flexibility index (Phi) is 4.34. The molecule has 2 aromatic rings. The Hall–Kier alpha value is -2.38. The average Bonchev–Trinajstić information content (AvgIpc) is 2.45. The second-order valence-corrected chi connectivity index (χ2v) is 4.62. The number of phenolic OH excluding ortho intramolecular Hbond substituents is 1. The summed E-state index contributed by atoms with van der Waals surface area (Å²) in [5, 5.41) is 21.8. The fourth-order valence-electron chi connectivity index (χ4n) is 2.01. The van der Waals surface area contributed by atoms with Crippen LogP contribution in [0.2, 0.25) is 0 Å². The van der Waals surface area contributed by atoms with E-state index in [1.54, 1.807) is 12.1 Å². The first-order valence-corrected chi connectivity index (χ1v) is 6.31. The monoisotopic (exact) mass is 270 g/mol. The fourth-order valence-corrected chi connectivity index (χ4v) is 2.01. The first-order valence-electron chi connectivity index (χ1n) is 6.31. The molecule has 0 radical (unpaired) electrons. The van der Waals surface area contributed by atoms with Gasteiger partial charge in [-0.15, -0.1) is 0 Å². The van der Waals surface area contributed by atoms with Crippen molar-refractivity contribution in [3.63, 3.8) is 0 Å². The Labute approximate surface area is 117 Å². The van der Waals surface area contributed by atoms with E-state index in [0.29, 0.717) is 17.7 Å². The van der Waals surface area contributed by atoms with E-state index in [-0.39, 0.29) is 11.8 Å². The van der Waals surface area contributed by atoms with Gasteiger partial charge in [0.2, 0.25) is 0 Å². The van der Waals surface area contributed by atoms with Crippen LogP contribution in [-0.2, 0) is 6.54 Å². The second kappa shape index (κ2) is 6.18. The predicted octanol–water partition coefficient (Wildman–Crippen LogP) is 3.25. The minimum absolute atomic E-state index is 0.0595. The molecule has 2 rings (SSSR count). The lowest BCUT2D eigenvalue weighted by atomic mass is 10.1. The van der Waals surface area contributed by atoms with Crippen LogP contribution in [0.25, 0.3) is 0 Å². The largest absolute Gasteiger partial charge is 0.508 e. The number of hydrogen-bond acceptors (Lipinski definition) is 3. The zero-order valence-electron chi connectivity index (χ0n) is 11.1.